The molecule has 134 valence electrons. The van der Waals surface area contributed by atoms with Gasteiger partial charge in [0.2, 0.25) is 11.8 Å². The Morgan fingerprint density at radius 1 is 1.36 bits per heavy atom. The van der Waals surface area contributed by atoms with Crippen LogP contribution in [0, 0.1) is 11.8 Å². The molecule has 1 saturated heterocycles. The van der Waals surface area contributed by atoms with Gasteiger partial charge in [0.15, 0.2) is 0 Å². The van der Waals surface area contributed by atoms with Crippen LogP contribution in [0.3, 0.4) is 0 Å². The van der Waals surface area contributed by atoms with Gasteiger partial charge in [-0.3, -0.25) is 9.59 Å². The molecule has 2 aromatic rings. The molecule has 5 heteroatoms. The van der Waals surface area contributed by atoms with Crippen molar-refractivity contribution in [2.24, 2.45) is 11.8 Å². The van der Waals surface area contributed by atoms with E-state index in [1.165, 1.54) is 10.9 Å². The molecule has 2 heterocycles. The summed E-state index contributed by atoms with van der Waals surface area (Å²) in [7, 11) is 0. The van der Waals surface area contributed by atoms with E-state index in [-0.39, 0.29) is 17.7 Å². The van der Waals surface area contributed by atoms with Crippen LogP contribution in [0.2, 0.25) is 0 Å². The van der Waals surface area contributed by atoms with E-state index in [0.29, 0.717) is 25.4 Å². The number of hydrogen-bond donors (Lipinski definition) is 2. The van der Waals surface area contributed by atoms with Crippen LogP contribution in [0.4, 0.5) is 0 Å². The Morgan fingerprint density at radius 3 is 2.96 bits per heavy atom. The van der Waals surface area contributed by atoms with Crippen LogP contribution in [0.5, 0.6) is 0 Å². The largest absolute Gasteiger partial charge is 0.361 e. The van der Waals surface area contributed by atoms with Crippen molar-refractivity contribution >= 4 is 22.7 Å². The molecule has 1 atom stereocenters. The molecule has 0 saturated carbocycles. The maximum Gasteiger partial charge on any atom is 0.225 e. The highest BCUT2D eigenvalue weighted by atomic mass is 16.2. The molecule has 1 aromatic carbocycles. The highest BCUT2D eigenvalue weighted by Crippen LogP contribution is 2.20. The SMILES string of the molecule is CC(C)CCN1CC(C(=O)NCCc2c[nH]c3ccccc23)CC1=O. The van der Waals surface area contributed by atoms with Gasteiger partial charge in [0.25, 0.3) is 0 Å². The Balaban J connectivity index is 1.47. The van der Waals surface area contributed by atoms with Gasteiger partial charge < -0.3 is 15.2 Å². The Morgan fingerprint density at radius 2 is 2.16 bits per heavy atom. The lowest BCUT2D eigenvalue weighted by Gasteiger charge is -2.17. The summed E-state index contributed by atoms with van der Waals surface area (Å²) in [6, 6.07) is 8.17. The van der Waals surface area contributed by atoms with Crippen molar-refractivity contribution in [3.8, 4) is 0 Å². The van der Waals surface area contributed by atoms with Crippen LogP contribution in [-0.4, -0.2) is 41.3 Å². The third-order valence-corrected chi connectivity index (χ3v) is 4.93. The molecule has 5 nitrogen and oxygen atoms in total. The molecule has 2 N–H and O–H groups in total. The lowest BCUT2D eigenvalue weighted by Crippen LogP contribution is -2.34. The minimum absolute atomic E-state index is 0.000221. The number of aromatic nitrogens is 1. The van der Waals surface area contributed by atoms with Crippen LogP contribution >= 0.6 is 0 Å². The number of likely N-dealkylation sites (tertiary alicyclic amines) is 1. The summed E-state index contributed by atoms with van der Waals surface area (Å²) in [5.41, 5.74) is 2.32. The molecular weight excluding hydrogens is 314 g/mol. The normalized spacial score (nSPS) is 17.6. The van der Waals surface area contributed by atoms with E-state index >= 15 is 0 Å². The van der Waals surface area contributed by atoms with Gasteiger partial charge in [-0.25, -0.2) is 0 Å². The van der Waals surface area contributed by atoms with Crippen LogP contribution in [0.1, 0.15) is 32.3 Å². The van der Waals surface area contributed by atoms with Crippen LogP contribution in [0.15, 0.2) is 30.5 Å². The van der Waals surface area contributed by atoms with Gasteiger partial charge in [0, 0.05) is 43.2 Å². The zero-order valence-electron chi connectivity index (χ0n) is 15.0. The Hall–Kier alpha value is -2.30. The average Bonchev–Trinajstić information content (AvgIpc) is 3.17. The molecule has 0 radical (unpaired) electrons. The standard InChI is InChI=1S/C20H27N3O2/c1-14(2)8-10-23-13-16(11-19(23)24)20(25)21-9-7-15-12-22-18-6-4-3-5-17(15)18/h3-6,12,14,16,22H,7-11,13H2,1-2H3,(H,21,25). The zero-order valence-corrected chi connectivity index (χ0v) is 15.0. The molecule has 1 unspecified atom stereocenters. The number of aromatic amines is 1. The fraction of sp³-hybridized carbons (Fsp3) is 0.500. The topological polar surface area (TPSA) is 65.2 Å². The minimum atomic E-state index is -0.206. The first-order chi connectivity index (χ1) is 12.0. The van der Waals surface area contributed by atoms with Crippen molar-refractivity contribution < 1.29 is 9.59 Å². The number of para-hydroxylation sites is 1. The predicted molar refractivity (Wildman–Crippen MR) is 99.2 cm³/mol. The van der Waals surface area contributed by atoms with E-state index in [4.69, 9.17) is 0 Å². The van der Waals surface area contributed by atoms with E-state index in [1.807, 2.05) is 29.3 Å². The van der Waals surface area contributed by atoms with Gasteiger partial charge in [-0.15, -0.1) is 0 Å². The number of nitrogens with one attached hydrogen (secondary N) is 2. The first kappa shape index (κ1) is 17.5. The van der Waals surface area contributed by atoms with Crippen LogP contribution in [0.25, 0.3) is 10.9 Å². The Kier molecular flexibility index (Phi) is 5.41. The number of hydrogen-bond acceptors (Lipinski definition) is 2. The summed E-state index contributed by atoms with van der Waals surface area (Å²) >= 11 is 0. The van der Waals surface area contributed by atoms with Crippen molar-refractivity contribution in [3.05, 3.63) is 36.0 Å². The van der Waals surface area contributed by atoms with E-state index in [9.17, 15) is 9.59 Å². The zero-order chi connectivity index (χ0) is 17.8. The molecule has 3 rings (SSSR count). The number of carbonyl (C=O) groups is 2. The first-order valence-electron chi connectivity index (χ1n) is 9.15. The highest BCUT2D eigenvalue weighted by molar-refractivity contribution is 5.89. The smallest absolute Gasteiger partial charge is 0.225 e. The second-order valence-electron chi connectivity index (χ2n) is 7.32. The summed E-state index contributed by atoms with van der Waals surface area (Å²) in [5, 5.41) is 4.20. The monoisotopic (exact) mass is 341 g/mol. The van der Waals surface area contributed by atoms with Gasteiger partial charge in [-0.2, -0.15) is 0 Å². The first-order valence-corrected chi connectivity index (χ1v) is 9.15. The summed E-state index contributed by atoms with van der Waals surface area (Å²) in [5.74, 6) is 0.470. The number of H-pyrrole nitrogens is 1. The number of amides is 2. The predicted octanol–water partition coefficient (Wildman–Crippen LogP) is 2.72. The molecule has 1 fully saturated rings. The van der Waals surface area contributed by atoms with Crippen molar-refractivity contribution in [2.75, 3.05) is 19.6 Å². The summed E-state index contributed by atoms with van der Waals surface area (Å²) < 4.78 is 0. The molecule has 0 bridgehead atoms. The maximum atomic E-state index is 12.4. The van der Waals surface area contributed by atoms with Crippen molar-refractivity contribution in [1.82, 2.24) is 15.2 Å². The molecule has 2 amide bonds. The molecule has 1 aliphatic rings. The minimum Gasteiger partial charge on any atom is -0.361 e. The van der Waals surface area contributed by atoms with Gasteiger partial charge >= 0.3 is 0 Å². The quantitative estimate of drug-likeness (QED) is 0.813. The maximum absolute atomic E-state index is 12.4. The van der Waals surface area contributed by atoms with Gasteiger partial charge in [-0.05, 0) is 30.4 Å². The van der Waals surface area contributed by atoms with Gasteiger partial charge in [-0.1, -0.05) is 32.0 Å². The number of fused-ring (bicyclic) bond motifs is 1. The fourth-order valence-corrected chi connectivity index (χ4v) is 3.38. The van der Waals surface area contributed by atoms with Crippen LogP contribution < -0.4 is 5.32 Å². The second kappa shape index (κ2) is 7.72. The molecule has 0 spiro atoms. The molecule has 25 heavy (non-hydrogen) atoms. The third kappa shape index (κ3) is 4.21. The Labute approximate surface area is 148 Å². The summed E-state index contributed by atoms with van der Waals surface area (Å²) in [6.07, 6.45) is 4.12. The van der Waals surface area contributed by atoms with Crippen molar-refractivity contribution in [3.63, 3.8) is 0 Å². The lowest BCUT2D eigenvalue weighted by atomic mass is 10.1. The summed E-state index contributed by atoms with van der Waals surface area (Å²) in [4.78, 5) is 29.5. The van der Waals surface area contributed by atoms with E-state index in [1.54, 1.807) is 0 Å². The average molecular weight is 341 g/mol. The number of benzene rings is 1. The lowest BCUT2D eigenvalue weighted by molar-refractivity contribution is -0.129. The number of rotatable bonds is 7. The fourth-order valence-electron chi connectivity index (χ4n) is 3.38. The second-order valence-corrected chi connectivity index (χ2v) is 7.32. The highest BCUT2D eigenvalue weighted by Gasteiger charge is 2.33. The van der Waals surface area contributed by atoms with Crippen molar-refractivity contribution in [2.45, 2.75) is 33.1 Å². The van der Waals surface area contributed by atoms with Crippen LogP contribution in [-0.2, 0) is 16.0 Å². The number of carbonyl (C=O) groups excluding carboxylic acids is 2. The van der Waals surface area contributed by atoms with E-state index in [2.05, 4.69) is 30.2 Å². The number of nitrogens with zero attached hydrogens (tertiary/aromatic N) is 1. The van der Waals surface area contributed by atoms with Crippen molar-refractivity contribution in [1.29, 1.82) is 0 Å². The molecular formula is C20H27N3O2. The Bertz CT molecular complexity index is 750. The van der Waals surface area contributed by atoms with Gasteiger partial charge in [0.05, 0.1) is 5.92 Å². The molecule has 0 aliphatic carbocycles. The molecule has 1 aliphatic heterocycles. The third-order valence-electron chi connectivity index (χ3n) is 4.93. The molecule has 1 aromatic heterocycles. The van der Waals surface area contributed by atoms with Gasteiger partial charge in [0.1, 0.15) is 0 Å². The van der Waals surface area contributed by atoms with E-state index < -0.39 is 0 Å². The summed E-state index contributed by atoms with van der Waals surface area (Å²) in [6.45, 7) is 6.21. The van der Waals surface area contributed by atoms with E-state index in [0.717, 1.165) is 24.9 Å².